The summed E-state index contributed by atoms with van der Waals surface area (Å²) in [5, 5.41) is 3.69. The number of carbonyl (C=O) groups excluding carboxylic acids is 3. The molecule has 4 amide bonds. The second-order valence-corrected chi connectivity index (χ2v) is 6.98. The van der Waals surface area contributed by atoms with Crippen LogP contribution in [0.4, 0.5) is 4.79 Å². The number of hydrogen-bond donors (Lipinski definition) is 2. The first-order chi connectivity index (χ1) is 12.9. The molecule has 1 saturated carbocycles. The summed E-state index contributed by atoms with van der Waals surface area (Å²) < 4.78 is 10.6. The van der Waals surface area contributed by atoms with E-state index in [1.807, 2.05) is 0 Å². The summed E-state index contributed by atoms with van der Waals surface area (Å²) in [5.74, 6) is -0.455. The van der Waals surface area contributed by atoms with Crippen LogP contribution in [-0.2, 0) is 4.79 Å². The molecule has 8 nitrogen and oxygen atoms in total. The minimum absolute atomic E-state index is 0.144. The van der Waals surface area contributed by atoms with Crippen LogP contribution in [0.5, 0.6) is 11.5 Å². The van der Waals surface area contributed by atoms with Crippen molar-refractivity contribution < 1.29 is 23.9 Å². The summed E-state index contributed by atoms with van der Waals surface area (Å²) in [7, 11) is 1.43. The highest BCUT2D eigenvalue weighted by molar-refractivity contribution is 6.32. The molecule has 0 aromatic heterocycles. The summed E-state index contributed by atoms with van der Waals surface area (Å²) >= 11 is 6.18. The molecule has 146 valence electrons. The Balaban J connectivity index is 1.80. The van der Waals surface area contributed by atoms with E-state index in [2.05, 4.69) is 10.7 Å². The van der Waals surface area contributed by atoms with Gasteiger partial charge in [-0.1, -0.05) is 30.9 Å². The van der Waals surface area contributed by atoms with Gasteiger partial charge in [0.15, 0.2) is 11.5 Å². The molecule has 2 aliphatic rings. The standard InChI is InChI=1S/C18H22ClN3O5/c1-3-27-14-12(19)9-11(10-13(14)26-2)15(23)21-22-16(24)18(20-17(22)25)7-5-4-6-8-18/h9-10H,3-8H2,1-2H3,(H,20,25)(H,21,23). The third-order valence-corrected chi connectivity index (χ3v) is 5.14. The van der Waals surface area contributed by atoms with Crippen LogP contribution < -0.4 is 20.2 Å². The normalized spacial score (nSPS) is 18.4. The largest absolute Gasteiger partial charge is 0.493 e. The van der Waals surface area contributed by atoms with Crippen molar-refractivity contribution in [2.24, 2.45) is 0 Å². The van der Waals surface area contributed by atoms with E-state index in [0.29, 0.717) is 25.2 Å². The zero-order chi connectivity index (χ0) is 19.6. The molecule has 1 aliphatic heterocycles. The number of carbonyl (C=O) groups is 3. The van der Waals surface area contributed by atoms with E-state index in [0.717, 1.165) is 24.3 Å². The molecule has 0 bridgehead atoms. The van der Waals surface area contributed by atoms with Crippen LogP contribution in [0.2, 0.25) is 5.02 Å². The lowest BCUT2D eigenvalue weighted by Gasteiger charge is -2.30. The predicted octanol–water partition coefficient (Wildman–Crippen LogP) is 2.65. The van der Waals surface area contributed by atoms with Gasteiger partial charge in [-0.3, -0.25) is 15.0 Å². The van der Waals surface area contributed by atoms with Gasteiger partial charge in [0, 0.05) is 5.56 Å². The monoisotopic (exact) mass is 395 g/mol. The number of ether oxygens (including phenoxy) is 2. The van der Waals surface area contributed by atoms with Gasteiger partial charge in [-0.2, -0.15) is 5.01 Å². The summed E-state index contributed by atoms with van der Waals surface area (Å²) in [6.07, 6.45) is 3.90. The number of methoxy groups -OCH3 is 1. The highest BCUT2D eigenvalue weighted by atomic mass is 35.5. The molecule has 1 heterocycles. The van der Waals surface area contributed by atoms with Crippen molar-refractivity contribution in [2.75, 3.05) is 13.7 Å². The van der Waals surface area contributed by atoms with Crippen molar-refractivity contribution in [3.05, 3.63) is 22.7 Å². The molecular weight excluding hydrogens is 374 g/mol. The zero-order valence-electron chi connectivity index (χ0n) is 15.3. The number of imide groups is 1. The highest BCUT2D eigenvalue weighted by Crippen LogP contribution is 2.37. The van der Waals surface area contributed by atoms with Crippen molar-refractivity contribution >= 4 is 29.4 Å². The first-order valence-electron chi connectivity index (χ1n) is 8.90. The van der Waals surface area contributed by atoms with Gasteiger partial charge in [-0.05, 0) is 31.9 Å². The Morgan fingerprint density at radius 2 is 2.00 bits per heavy atom. The van der Waals surface area contributed by atoms with Crippen molar-refractivity contribution in [2.45, 2.75) is 44.6 Å². The van der Waals surface area contributed by atoms with Crippen LogP contribution in [-0.4, -0.2) is 42.1 Å². The molecule has 0 radical (unpaired) electrons. The average molecular weight is 396 g/mol. The molecule has 0 unspecified atom stereocenters. The SMILES string of the molecule is CCOc1c(Cl)cc(C(=O)NN2C(=O)NC3(CCCCC3)C2=O)cc1OC. The van der Waals surface area contributed by atoms with Gasteiger partial charge in [0.2, 0.25) is 0 Å². The molecule has 0 atom stereocenters. The number of benzene rings is 1. The third-order valence-electron chi connectivity index (χ3n) is 4.86. The molecule has 2 fully saturated rings. The van der Waals surface area contributed by atoms with E-state index < -0.39 is 23.4 Å². The lowest BCUT2D eigenvalue weighted by molar-refractivity contribution is -0.134. The molecular formula is C18H22ClN3O5. The van der Waals surface area contributed by atoms with E-state index in [4.69, 9.17) is 21.1 Å². The van der Waals surface area contributed by atoms with Crippen LogP contribution in [0.3, 0.4) is 0 Å². The number of urea groups is 1. The van der Waals surface area contributed by atoms with Gasteiger partial charge in [0.05, 0.1) is 18.7 Å². The second kappa shape index (κ2) is 7.64. The maximum Gasteiger partial charge on any atom is 0.344 e. The molecule has 1 saturated heterocycles. The van der Waals surface area contributed by atoms with Crippen molar-refractivity contribution in [3.63, 3.8) is 0 Å². The maximum atomic E-state index is 12.7. The van der Waals surface area contributed by atoms with E-state index in [1.54, 1.807) is 6.92 Å². The number of nitrogens with one attached hydrogen (secondary N) is 2. The highest BCUT2D eigenvalue weighted by Gasteiger charge is 2.52. The lowest BCUT2D eigenvalue weighted by atomic mass is 9.82. The number of halogens is 1. The van der Waals surface area contributed by atoms with Crippen LogP contribution in [0.15, 0.2) is 12.1 Å². The number of amides is 4. The molecule has 27 heavy (non-hydrogen) atoms. The van der Waals surface area contributed by atoms with E-state index in [-0.39, 0.29) is 16.3 Å². The summed E-state index contributed by atoms with van der Waals surface area (Å²) in [5.41, 5.74) is 1.61. The van der Waals surface area contributed by atoms with Crippen molar-refractivity contribution in [1.82, 2.24) is 15.8 Å². The van der Waals surface area contributed by atoms with Gasteiger partial charge >= 0.3 is 6.03 Å². The quantitative estimate of drug-likeness (QED) is 0.747. The average Bonchev–Trinajstić information content (AvgIpc) is 2.87. The first kappa shape index (κ1) is 19.3. The Labute approximate surface area is 162 Å². The maximum absolute atomic E-state index is 12.7. The Bertz CT molecular complexity index is 777. The zero-order valence-corrected chi connectivity index (χ0v) is 16.0. The van der Waals surface area contributed by atoms with Gasteiger partial charge in [-0.25, -0.2) is 4.79 Å². The Kier molecular flexibility index (Phi) is 5.46. The molecule has 1 spiro atoms. The lowest BCUT2D eigenvalue weighted by Crippen LogP contribution is -2.50. The third kappa shape index (κ3) is 3.53. The van der Waals surface area contributed by atoms with Crippen LogP contribution in [0.1, 0.15) is 49.4 Å². The number of hydrogen-bond acceptors (Lipinski definition) is 5. The molecule has 1 aromatic carbocycles. The van der Waals surface area contributed by atoms with Gasteiger partial charge in [0.1, 0.15) is 5.54 Å². The molecule has 1 aromatic rings. The minimum atomic E-state index is -0.906. The smallest absolute Gasteiger partial charge is 0.344 e. The summed E-state index contributed by atoms with van der Waals surface area (Å²) in [6, 6.07) is 2.22. The van der Waals surface area contributed by atoms with E-state index in [1.165, 1.54) is 19.2 Å². The van der Waals surface area contributed by atoms with E-state index >= 15 is 0 Å². The van der Waals surface area contributed by atoms with Gasteiger partial charge < -0.3 is 14.8 Å². The molecule has 9 heteroatoms. The number of rotatable bonds is 5. The molecule has 2 N–H and O–H groups in total. The summed E-state index contributed by atoms with van der Waals surface area (Å²) in [4.78, 5) is 37.6. The Morgan fingerprint density at radius 1 is 1.30 bits per heavy atom. The van der Waals surface area contributed by atoms with E-state index in [9.17, 15) is 14.4 Å². The van der Waals surface area contributed by atoms with Crippen LogP contribution >= 0.6 is 11.6 Å². The number of nitrogens with zero attached hydrogens (tertiary/aromatic N) is 1. The van der Waals surface area contributed by atoms with Gasteiger partial charge in [0.25, 0.3) is 11.8 Å². The fourth-order valence-corrected chi connectivity index (χ4v) is 3.78. The predicted molar refractivity (Wildman–Crippen MR) is 97.8 cm³/mol. The van der Waals surface area contributed by atoms with Crippen molar-refractivity contribution in [3.8, 4) is 11.5 Å². The first-order valence-corrected chi connectivity index (χ1v) is 9.27. The molecule has 1 aliphatic carbocycles. The fraction of sp³-hybridized carbons (Fsp3) is 0.500. The minimum Gasteiger partial charge on any atom is -0.493 e. The Morgan fingerprint density at radius 3 is 2.63 bits per heavy atom. The number of hydrazine groups is 1. The summed E-state index contributed by atoms with van der Waals surface area (Å²) in [6.45, 7) is 2.18. The molecule has 3 rings (SSSR count). The van der Waals surface area contributed by atoms with Crippen LogP contribution in [0.25, 0.3) is 0 Å². The fourth-order valence-electron chi connectivity index (χ4n) is 3.52. The van der Waals surface area contributed by atoms with Gasteiger partial charge in [-0.15, -0.1) is 0 Å². The topological polar surface area (TPSA) is 97.0 Å². The van der Waals surface area contributed by atoms with Crippen molar-refractivity contribution in [1.29, 1.82) is 0 Å². The second-order valence-electron chi connectivity index (χ2n) is 6.58. The Hall–Kier alpha value is -2.48. The van der Waals surface area contributed by atoms with Crippen LogP contribution in [0, 0.1) is 0 Å².